The van der Waals surface area contributed by atoms with Crippen LogP contribution in [0.2, 0.25) is 0 Å². The van der Waals surface area contributed by atoms with Crippen LogP contribution >= 0.6 is 0 Å². The van der Waals surface area contributed by atoms with Gasteiger partial charge in [-0.05, 0) is 18.4 Å². The number of nitriles is 1. The van der Waals surface area contributed by atoms with Crippen molar-refractivity contribution < 1.29 is 4.79 Å². The topological polar surface area (TPSA) is 44.1 Å². The molecule has 3 nitrogen and oxygen atoms in total. The van der Waals surface area contributed by atoms with E-state index >= 15 is 0 Å². The Bertz CT molecular complexity index is 434. The maximum Gasteiger partial charge on any atom is 0.244 e. The van der Waals surface area contributed by atoms with E-state index in [2.05, 4.69) is 19.9 Å². The monoisotopic (exact) mass is 244 g/mol. The Labute approximate surface area is 109 Å². The number of carbonyl (C=O) groups is 1. The lowest BCUT2D eigenvalue weighted by Gasteiger charge is -2.29. The molecular formula is C15H20N2O. The average molecular weight is 244 g/mol. The Hall–Kier alpha value is -1.82. The summed E-state index contributed by atoms with van der Waals surface area (Å²) in [5.41, 5.74) is 0.757. The molecule has 1 aromatic carbocycles. The largest absolute Gasteiger partial charge is 0.341 e. The average Bonchev–Trinajstić information content (AvgIpc) is 2.38. The fraction of sp³-hybridized carbons (Fsp3) is 0.467. The van der Waals surface area contributed by atoms with E-state index < -0.39 is 5.92 Å². The molecule has 96 valence electrons. The maximum atomic E-state index is 12.3. The van der Waals surface area contributed by atoms with Crippen molar-refractivity contribution in [2.45, 2.75) is 32.7 Å². The first-order valence-electron chi connectivity index (χ1n) is 6.20. The first kappa shape index (κ1) is 14.2. The molecule has 0 saturated heterocycles. The highest BCUT2D eigenvalue weighted by atomic mass is 16.2. The van der Waals surface area contributed by atoms with E-state index in [1.165, 1.54) is 0 Å². The fourth-order valence-electron chi connectivity index (χ4n) is 1.77. The van der Waals surface area contributed by atoms with E-state index in [-0.39, 0.29) is 11.9 Å². The van der Waals surface area contributed by atoms with Crippen LogP contribution in [0.4, 0.5) is 0 Å². The number of amides is 1. The molecule has 0 bridgehead atoms. The van der Waals surface area contributed by atoms with Gasteiger partial charge in [0.25, 0.3) is 0 Å². The highest BCUT2D eigenvalue weighted by Gasteiger charge is 2.27. The SMILES string of the molecule is CC(C)C(C)N(C)C(=O)C(C#N)c1ccccc1. The Kier molecular flexibility index (Phi) is 4.91. The summed E-state index contributed by atoms with van der Waals surface area (Å²) in [5, 5.41) is 9.22. The second-order valence-electron chi connectivity index (χ2n) is 4.91. The minimum atomic E-state index is -0.711. The molecule has 0 fully saturated rings. The van der Waals surface area contributed by atoms with Gasteiger partial charge >= 0.3 is 0 Å². The van der Waals surface area contributed by atoms with Crippen LogP contribution < -0.4 is 0 Å². The second-order valence-corrected chi connectivity index (χ2v) is 4.91. The van der Waals surface area contributed by atoms with Crippen molar-refractivity contribution in [3.05, 3.63) is 35.9 Å². The number of carbonyl (C=O) groups excluding carboxylic acids is 1. The number of rotatable bonds is 4. The summed E-state index contributed by atoms with van der Waals surface area (Å²) in [6, 6.07) is 11.4. The van der Waals surface area contributed by atoms with Crippen LogP contribution in [0.25, 0.3) is 0 Å². The Morgan fingerprint density at radius 1 is 1.22 bits per heavy atom. The number of likely N-dealkylation sites (N-methyl/N-ethyl adjacent to an activating group) is 1. The number of hydrogen-bond donors (Lipinski definition) is 0. The highest BCUT2D eigenvalue weighted by molar-refractivity contribution is 5.86. The van der Waals surface area contributed by atoms with Crippen LogP contribution in [-0.2, 0) is 4.79 Å². The molecule has 0 spiro atoms. The molecule has 0 aliphatic carbocycles. The summed E-state index contributed by atoms with van der Waals surface area (Å²) in [5.74, 6) is -0.476. The van der Waals surface area contributed by atoms with Crippen molar-refractivity contribution in [3.63, 3.8) is 0 Å². The third-order valence-electron chi connectivity index (χ3n) is 3.43. The van der Waals surface area contributed by atoms with Gasteiger partial charge in [-0.1, -0.05) is 44.2 Å². The van der Waals surface area contributed by atoms with Crippen molar-refractivity contribution in [1.29, 1.82) is 5.26 Å². The van der Waals surface area contributed by atoms with Crippen molar-refractivity contribution >= 4 is 5.91 Å². The van der Waals surface area contributed by atoms with Gasteiger partial charge in [0.1, 0.15) is 5.92 Å². The lowest BCUT2D eigenvalue weighted by atomic mass is 9.97. The van der Waals surface area contributed by atoms with Crippen molar-refractivity contribution in [3.8, 4) is 6.07 Å². The van der Waals surface area contributed by atoms with Crippen molar-refractivity contribution in [2.24, 2.45) is 5.92 Å². The molecule has 0 heterocycles. The van der Waals surface area contributed by atoms with Crippen LogP contribution in [0.3, 0.4) is 0 Å². The van der Waals surface area contributed by atoms with Crippen LogP contribution in [-0.4, -0.2) is 23.9 Å². The number of benzene rings is 1. The van der Waals surface area contributed by atoms with Crippen molar-refractivity contribution in [2.75, 3.05) is 7.05 Å². The van der Waals surface area contributed by atoms with E-state index in [1.54, 1.807) is 11.9 Å². The Balaban J connectivity index is 2.91. The van der Waals surface area contributed by atoms with Gasteiger partial charge in [-0.3, -0.25) is 4.79 Å². The van der Waals surface area contributed by atoms with E-state index in [0.717, 1.165) is 5.56 Å². The Morgan fingerprint density at radius 3 is 2.22 bits per heavy atom. The van der Waals surface area contributed by atoms with Gasteiger partial charge in [0.2, 0.25) is 5.91 Å². The number of hydrogen-bond acceptors (Lipinski definition) is 2. The van der Waals surface area contributed by atoms with Gasteiger partial charge < -0.3 is 4.90 Å². The maximum absolute atomic E-state index is 12.3. The first-order valence-corrected chi connectivity index (χ1v) is 6.20. The van der Waals surface area contributed by atoms with Crippen LogP contribution in [0.5, 0.6) is 0 Å². The molecule has 0 aliphatic heterocycles. The van der Waals surface area contributed by atoms with Crippen LogP contribution in [0, 0.1) is 17.2 Å². The van der Waals surface area contributed by atoms with Crippen molar-refractivity contribution in [1.82, 2.24) is 4.90 Å². The molecule has 3 heteroatoms. The first-order chi connectivity index (χ1) is 8.49. The second kappa shape index (κ2) is 6.20. The minimum absolute atomic E-state index is 0.122. The van der Waals surface area contributed by atoms with Gasteiger partial charge in [0.15, 0.2) is 0 Å². The molecule has 0 N–H and O–H groups in total. The van der Waals surface area contributed by atoms with E-state index in [0.29, 0.717) is 5.92 Å². The molecule has 0 saturated carbocycles. The summed E-state index contributed by atoms with van der Waals surface area (Å²) >= 11 is 0. The lowest BCUT2D eigenvalue weighted by Crippen LogP contribution is -2.40. The standard InChI is InChI=1S/C15H20N2O/c1-11(2)12(3)17(4)15(18)14(10-16)13-8-6-5-7-9-13/h5-9,11-12,14H,1-4H3. The number of nitrogens with zero attached hydrogens (tertiary/aromatic N) is 2. The molecular weight excluding hydrogens is 224 g/mol. The third-order valence-corrected chi connectivity index (χ3v) is 3.43. The molecule has 0 radical (unpaired) electrons. The highest BCUT2D eigenvalue weighted by Crippen LogP contribution is 2.19. The summed E-state index contributed by atoms with van der Waals surface area (Å²) in [7, 11) is 1.76. The normalized spacial score (nSPS) is 13.8. The summed E-state index contributed by atoms with van der Waals surface area (Å²) < 4.78 is 0. The van der Waals surface area contributed by atoms with Gasteiger partial charge in [-0.25, -0.2) is 0 Å². The summed E-state index contributed by atoms with van der Waals surface area (Å²) in [4.78, 5) is 14.0. The molecule has 0 aromatic heterocycles. The zero-order chi connectivity index (χ0) is 13.7. The molecule has 1 amide bonds. The molecule has 0 aliphatic rings. The minimum Gasteiger partial charge on any atom is -0.341 e. The van der Waals surface area contributed by atoms with Crippen LogP contribution in [0.1, 0.15) is 32.3 Å². The van der Waals surface area contributed by atoms with Gasteiger partial charge in [0.05, 0.1) is 6.07 Å². The predicted octanol–water partition coefficient (Wildman–Crippen LogP) is 2.80. The molecule has 2 atom stereocenters. The smallest absolute Gasteiger partial charge is 0.244 e. The van der Waals surface area contributed by atoms with E-state index in [4.69, 9.17) is 0 Å². The van der Waals surface area contributed by atoms with Gasteiger partial charge in [-0.15, -0.1) is 0 Å². The van der Waals surface area contributed by atoms with E-state index in [1.807, 2.05) is 37.3 Å². The quantitative estimate of drug-likeness (QED) is 0.817. The summed E-state index contributed by atoms with van der Waals surface area (Å²) in [6.45, 7) is 6.14. The third kappa shape index (κ3) is 3.10. The molecule has 1 rings (SSSR count). The molecule has 2 unspecified atom stereocenters. The predicted molar refractivity (Wildman–Crippen MR) is 71.9 cm³/mol. The summed E-state index contributed by atoms with van der Waals surface area (Å²) in [6.07, 6.45) is 0. The molecule has 1 aromatic rings. The van der Waals surface area contributed by atoms with Crippen LogP contribution in [0.15, 0.2) is 30.3 Å². The Morgan fingerprint density at radius 2 is 1.78 bits per heavy atom. The van der Waals surface area contributed by atoms with Gasteiger partial charge in [0, 0.05) is 13.1 Å². The fourth-order valence-corrected chi connectivity index (χ4v) is 1.77. The zero-order valence-corrected chi connectivity index (χ0v) is 11.4. The molecule has 18 heavy (non-hydrogen) atoms. The van der Waals surface area contributed by atoms with Gasteiger partial charge in [-0.2, -0.15) is 5.26 Å². The zero-order valence-electron chi connectivity index (χ0n) is 11.4. The van der Waals surface area contributed by atoms with E-state index in [9.17, 15) is 10.1 Å². The lowest BCUT2D eigenvalue weighted by molar-refractivity contribution is -0.132.